The molecule has 2 N–H and O–H groups in total. The summed E-state index contributed by atoms with van der Waals surface area (Å²) < 4.78 is 0. The number of carbonyl (C=O) groups is 1. The molecule has 0 aliphatic carbocycles. The quantitative estimate of drug-likeness (QED) is 0.792. The number of carbonyl (C=O) groups excluding carboxylic acids is 1. The lowest BCUT2D eigenvalue weighted by Crippen LogP contribution is -2.40. The summed E-state index contributed by atoms with van der Waals surface area (Å²) >= 11 is 1.75. The van der Waals surface area contributed by atoms with E-state index >= 15 is 0 Å². The predicted octanol–water partition coefficient (Wildman–Crippen LogP) is 1.32. The first-order valence-electron chi connectivity index (χ1n) is 5.72. The number of rotatable bonds is 4. The number of hydrogen-bond donors (Lipinski definition) is 1. The van der Waals surface area contributed by atoms with Gasteiger partial charge in [-0.2, -0.15) is 0 Å². The van der Waals surface area contributed by atoms with Crippen molar-refractivity contribution in [1.82, 2.24) is 4.90 Å². The lowest BCUT2D eigenvalue weighted by molar-refractivity contribution is -0.130. The van der Waals surface area contributed by atoms with Crippen LogP contribution in [0.3, 0.4) is 0 Å². The van der Waals surface area contributed by atoms with Crippen LogP contribution in [0.1, 0.15) is 27.2 Å². The number of nitrogens with zero attached hydrogens (tertiary/aromatic N) is 1. The highest BCUT2D eigenvalue weighted by Crippen LogP contribution is 2.23. The van der Waals surface area contributed by atoms with Crippen LogP contribution >= 0.6 is 11.8 Å². The van der Waals surface area contributed by atoms with Crippen LogP contribution < -0.4 is 5.73 Å². The Morgan fingerprint density at radius 3 is 2.67 bits per heavy atom. The smallest absolute Gasteiger partial charge is 0.236 e. The summed E-state index contributed by atoms with van der Waals surface area (Å²) in [6.07, 6.45) is 0.952. The van der Waals surface area contributed by atoms with Crippen LogP contribution in [0.5, 0.6) is 0 Å². The van der Waals surface area contributed by atoms with Crippen molar-refractivity contribution >= 4 is 17.7 Å². The highest BCUT2D eigenvalue weighted by atomic mass is 32.2. The molecule has 15 heavy (non-hydrogen) atoms. The molecule has 1 amide bonds. The second-order valence-electron chi connectivity index (χ2n) is 4.45. The first-order valence-corrected chi connectivity index (χ1v) is 6.77. The molecule has 0 aromatic rings. The van der Waals surface area contributed by atoms with Crippen molar-refractivity contribution in [3.8, 4) is 0 Å². The molecular formula is C11H22N2OS. The van der Waals surface area contributed by atoms with Gasteiger partial charge in [-0.3, -0.25) is 4.79 Å². The van der Waals surface area contributed by atoms with Crippen molar-refractivity contribution in [2.24, 2.45) is 11.7 Å². The van der Waals surface area contributed by atoms with E-state index in [1.165, 1.54) is 0 Å². The lowest BCUT2D eigenvalue weighted by atomic mass is 10.1. The van der Waals surface area contributed by atoms with E-state index in [1.54, 1.807) is 11.8 Å². The topological polar surface area (TPSA) is 46.3 Å². The van der Waals surface area contributed by atoms with Gasteiger partial charge in [0.2, 0.25) is 5.91 Å². The van der Waals surface area contributed by atoms with Gasteiger partial charge in [0, 0.05) is 19.1 Å². The molecule has 0 bridgehead atoms. The van der Waals surface area contributed by atoms with E-state index < -0.39 is 0 Å². The van der Waals surface area contributed by atoms with E-state index in [0.29, 0.717) is 5.92 Å². The summed E-state index contributed by atoms with van der Waals surface area (Å²) in [5, 5.41) is 0.111. The SMILES string of the molecule is CCSC(C(=O)N1CC[C@H](N)C1)C(C)C. The first-order chi connectivity index (χ1) is 7.06. The van der Waals surface area contributed by atoms with Crippen molar-refractivity contribution in [3.05, 3.63) is 0 Å². The third kappa shape index (κ3) is 3.38. The number of likely N-dealkylation sites (tertiary alicyclic amines) is 1. The van der Waals surface area contributed by atoms with Gasteiger partial charge >= 0.3 is 0 Å². The predicted molar refractivity (Wildman–Crippen MR) is 65.9 cm³/mol. The maximum Gasteiger partial charge on any atom is 0.236 e. The molecule has 1 unspecified atom stereocenters. The van der Waals surface area contributed by atoms with Gasteiger partial charge in [0.05, 0.1) is 5.25 Å². The van der Waals surface area contributed by atoms with E-state index in [4.69, 9.17) is 5.73 Å². The molecule has 0 saturated carbocycles. The molecule has 1 aliphatic rings. The summed E-state index contributed by atoms with van der Waals surface area (Å²) in [6.45, 7) is 7.91. The molecule has 1 heterocycles. The number of amides is 1. The first kappa shape index (κ1) is 12.8. The molecule has 0 aromatic carbocycles. The zero-order valence-corrected chi connectivity index (χ0v) is 10.7. The van der Waals surface area contributed by atoms with Crippen LogP contribution in [-0.4, -0.2) is 40.9 Å². The van der Waals surface area contributed by atoms with E-state index in [0.717, 1.165) is 25.3 Å². The Morgan fingerprint density at radius 1 is 1.60 bits per heavy atom. The fourth-order valence-electron chi connectivity index (χ4n) is 1.90. The second-order valence-corrected chi connectivity index (χ2v) is 5.87. The molecule has 1 fully saturated rings. The summed E-state index contributed by atoms with van der Waals surface area (Å²) in [5.41, 5.74) is 5.81. The van der Waals surface area contributed by atoms with E-state index in [-0.39, 0.29) is 17.2 Å². The maximum absolute atomic E-state index is 12.2. The van der Waals surface area contributed by atoms with Gasteiger partial charge in [-0.15, -0.1) is 11.8 Å². The van der Waals surface area contributed by atoms with Crippen molar-refractivity contribution in [2.75, 3.05) is 18.8 Å². The van der Waals surface area contributed by atoms with Crippen molar-refractivity contribution < 1.29 is 4.79 Å². The minimum absolute atomic E-state index is 0.111. The fraction of sp³-hybridized carbons (Fsp3) is 0.909. The van der Waals surface area contributed by atoms with Crippen molar-refractivity contribution in [3.63, 3.8) is 0 Å². The minimum atomic E-state index is 0.111. The Labute approximate surface area is 96.8 Å². The summed E-state index contributed by atoms with van der Waals surface area (Å²) in [7, 11) is 0. The van der Waals surface area contributed by atoms with Crippen molar-refractivity contribution in [2.45, 2.75) is 38.5 Å². The third-order valence-electron chi connectivity index (χ3n) is 2.73. The average Bonchev–Trinajstić information content (AvgIpc) is 2.59. The fourth-order valence-corrected chi connectivity index (χ4v) is 2.93. The van der Waals surface area contributed by atoms with E-state index in [2.05, 4.69) is 20.8 Å². The standard InChI is InChI=1S/C11H22N2OS/c1-4-15-10(8(2)3)11(14)13-6-5-9(12)7-13/h8-10H,4-7,12H2,1-3H3/t9-,10?/m0/s1. The highest BCUT2D eigenvalue weighted by Gasteiger charge is 2.30. The van der Waals surface area contributed by atoms with Gasteiger partial charge in [-0.25, -0.2) is 0 Å². The number of hydrogen-bond acceptors (Lipinski definition) is 3. The summed E-state index contributed by atoms with van der Waals surface area (Å²) in [5.74, 6) is 1.68. The third-order valence-corrected chi connectivity index (χ3v) is 4.17. The van der Waals surface area contributed by atoms with Gasteiger partial charge in [0.15, 0.2) is 0 Å². The molecule has 4 heteroatoms. The summed E-state index contributed by atoms with van der Waals surface area (Å²) in [6, 6.07) is 0.188. The Morgan fingerprint density at radius 2 is 2.27 bits per heavy atom. The molecule has 0 aromatic heterocycles. The van der Waals surface area contributed by atoms with Crippen LogP contribution in [0.25, 0.3) is 0 Å². The Balaban J connectivity index is 2.55. The van der Waals surface area contributed by atoms with Crippen LogP contribution in [0.15, 0.2) is 0 Å². The molecule has 88 valence electrons. The normalized spacial score (nSPS) is 23.5. The van der Waals surface area contributed by atoms with Gasteiger partial charge < -0.3 is 10.6 Å². The Hall–Kier alpha value is -0.220. The maximum atomic E-state index is 12.2. The zero-order valence-electron chi connectivity index (χ0n) is 9.90. The van der Waals surface area contributed by atoms with Gasteiger partial charge in [0.25, 0.3) is 0 Å². The zero-order chi connectivity index (χ0) is 11.4. The van der Waals surface area contributed by atoms with E-state index in [1.807, 2.05) is 4.90 Å². The second kappa shape index (κ2) is 5.75. The molecule has 0 spiro atoms. The Kier molecular flexibility index (Phi) is 4.93. The van der Waals surface area contributed by atoms with Crippen molar-refractivity contribution in [1.29, 1.82) is 0 Å². The van der Waals surface area contributed by atoms with Gasteiger partial charge in [0.1, 0.15) is 0 Å². The Bertz CT molecular complexity index is 221. The highest BCUT2D eigenvalue weighted by molar-refractivity contribution is 8.00. The van der Waals surface area contributed by atoms with E-state index in [9.17, 15) is 4.79 Å². The lowest BCUT2D eigenvalue weighted by Gasteiger charge is -2.25. The monoisotopic (exact) mass is 230 g/mol. The molecule has 3 nitrogen and oxygen atoms in total. The minimum Gasteiger partial charge on any atom is -0.340 e. The molecular weight excluding hydrogens is 208 g/mol. The molecule has 0 radical (unpaired) electrons. The van der Waals surface area contributed by atoms with Gasteiger partial charge in [-0.05, 0) is 18.1 Å². The van der Waals surface area contributed by atoms with Crippen LogP contribution in [0, 0.1) is 5.92 Å². The number of nitrogens with two attached hydrogens (primary N) is 1. The largest absolute Gasteiger partial charge is 0.340 e. The van der Waals surface area contributed by atoms with Crippen LogP contribution in [0.4, 0.5) is 0 Å². The number of thioether (sulfide) groups is 1. The molecule has 1 saturated heterocycles. The van der Waals surface area contributed by atoms with Crippen LogP contribution in [0.2, 0.25) is 0 Å². The molecule has 1 rings (SSSR count). The summed E-state index contributed by atoms with van der Waals surface area (Å²) in [4.78, 5) is 14.1. The van der Waals surface area contributed by atoms with Crippen LogP contribution in [-0.2, 0) is 4.79 Å². The molecule has 2 atom stereocenters. The average molecular weight is 230 g/mol. The molecule has 1 aliphatic heterocycles. The van der Waals surface area contributed by atoms with Gasteiger partial charge in [-0.1, -0.05) is 20.8 Å².